The lowest BCUT2D eigenvalue weighted by molar-refractivity contribution is 0.0916. The van der Waals surface area contributed by atoms with E-state index in [1.807, 2.05) is 0 Å². The van der Waals surface area contributed by atoms with Gasteiger partial charge in [-0.3, -0.25) is 9.48 Å². The number of anilines is 1. The van der Waals surface area contributed by atoms with E-state index >= 15 is 0 Å². The third-order valence-corrected chi connectivity index (χ3v) is 3.34. The molecule has 1 aromatic heterocycles. The Labute approximate surface area is 101 Å². The molecule has 0 spiro atoms. The molecule has 2 rings (SSSR count). The molecule has 0 aromatic carbocycles. The lowest BCUT2D eigenvalue weighted by atomic mass is 9.87. The Kier molecular flexibility index (Phi) is 3.36. The van der Waals surface area contributed by atoms with E-state index in [2.05, 4.69) is 17.3 Å². The zero-order valence-corrected chi connectivity index (χ0v) is 10.4. The van der Waals surface area contributed by atoms with E-state index in [9.17, 15) is 4.79 Å². The summed E-state index contributed by atoms with van der Waals surface area (Å²) in [6.07, 6.45) is 6.21. The molecule has 1 fully saturated rings. The van der Waals surface area contributed by atoms with Gasteiger partial charge in [0.05, 0.1) is 5.69 Å². The van der Waals surface area contributed by atoms with E-state index in [0.29, 0.717) is 17.3 Å². The number of aryl methyl sites for hydroxylation is 1. The molecule has 5 nitrogen and oxygen atoms in total. The number of nitrogens with one attached hydrogen (secondary N) is 1. The van der Waals surface area contributed by atoms with Crippen LogP contribution in [0, 0.1) is 5.92 Å². The van der Waals surface area contributed by atoms with Gasteiger partial charge in [-0.25, -0.2) is 0 Å². The van der Waals surface area contributed by atoms with Gasteiger partial charge in [0.1, 0.15) is 0 Å². The fourth-order valence-corrected chi connectivity index (χ4v) is 2.50. The molecule has 2 atom stereocenters. The lowest BCUT2D eigenvalue weighted by Crippen LogP contribution is -2.38. The van der Waals surface area contributed by atoms with Crippen LogP contribution >= 0.6 is 0 Å². The van der Waals surface area contributed by atoms with Crippen molar-refractivity contribution < 1.29 is 4.79 Å². The minimum atomic E-state index is -0.151. The number of nitrogens with zero attached hydrogens (tertiary/aromatic N) is 2. The molecule has 1 aliphatic rings. The Bertz CT molecular complexity index is 413. The summed E-state index contributed by atoms with van der Waals surface area (Å²) in [6.45, 7) is 2.23. The molecule has 0 aliphatic heterocycles. The first-order chi connectivity index (χ1) is 8.06. The number of aromatic nitrogens is 2. The summed E-state index contributed by atoms with van der Waals surface area (Å²) < 4.78 is 1.56. The summed E-state index contributed by atoms with van der Waals surface area (Å²) in [5.74, 6) is 0.539. The van der Waals surface area contributed by atoms with Crippen molar-refractivity contribution in [2.24, 2.45) is 13.0 Å². The van der Waals surface area contributed by atoms with Crippen LogP contribution in [0.1, 0.15) is 43.1 Å². The van der Waals surface area contributed by atoms with Crippen molar-refractivity contribution >= 4 is 11.6 Å². The van der Waals surface area contributed by atoms with Crippen molar-refractivity contribution in [3.8, 4) is 0 Å². The summed E-state index contributed by atoms with van der Waals surface area (Å²) in [7, 11) is 1.76. The van der Waals surface area contributed by atoms with Crippen molar-refractivity contribution in [3.63, 3.8) is 0 Å². The molecule has 2 unspecified atom stereocenters. The number of rotatable bonds is 2. The van der Waals surface area contributed by atoms with Crippen LogP contribution in [0.25, 0.3) is 0 Å². The van der Waals surface area contributed by atoms with Crippen molar-refractivity contribution in [1.29, 1.82) is 0 Å². The first kappa shape index (κ1) is 12.0. The van der Waals surface area contributed by atoms with Crippen molar-refractivity contribution in [1.82, 2.24) is 15.1 Å². The summed E-state index contributed by atoms with van der Waals surface area (Å²) in [6, 6.07) is 0.271. The zero-order valence-electron chi connectivity index (χ0n) is 10.4. The Morgan fingerprint density at radius 3 is 2.94 bits per heavy atom. The molecule has 94 valence electrons. The molecule has 5 heteroatoms. The van der Waals surface area contributed by atoms with Gasteiger partial charge in [-0.1, -0.05) is 19.8 Å². The molecule has 0 bridgehead atoms. The number of hydrogen-bond donors (Lipinski definition) is 2. The average Bonchev–Trinajstić information content (AvgIpc) is 2.58. The second kappa shape index (κ2) is 4.77. The van der Waals surface area contributed by atoms with Gasteiger partial charge in [-0.05, 0) is 18.8 Å². The second-order valence-corrected chi connectivity index (χ2v) is 5.05. The number of nitrogens with two attached hydrogens (primary N) is 1. The van der Waals surface area contributed by atoms with Gasteiger partial charge in [0.15, 0.2) is 5.69 Å². The highest BCUT2D eigenvalue weighted by Crippen LogP contribution is 2.23. The molecule has 1 aromatic rings. The van der Waals surface area contributed by atoms with Crippen LogP contribution in [0.4, 0.5) is 5.69 Å². The van der Waals surface area contributed by atoms with Gasteiger partial charge in [0, 0.05) is 19.3 Å². The van der Waals surface area contributed by atoms with Gasteiger partial charge < -0.3 is 11.1 Å². The first-order valence-corrected chi connectivity index (χ1v) is 6.16. The van der Waals surface area contributed by atoms with E-state index in [-0.39, 0.29) is 11.9 Å². The summed E-state index contributed by atoms with van der Waals surface area (Å²) in [5.41, 5.74) is 6.51. The van der Waals surface area contributed by atoms with E-state index < -0.39 is 0 Å². The minimum absolute atomic E-state index is 0.151. The first-order valence-electron chi connectivity index (χ1n) is 6.16. The SMILES string of the molecule is CC1CCCC(NC(=O)c2nn(C)cc2N)C1. The molecule has 1 heterocycles. The van der Waals surface area contributed by atoms with Gasteiger partial charge in [0.25, 0.3) is 5.91 Å². The third kappa shape index (κ3) is 2.78. The number of carbonyl (C=O) groups excluding carboxylic acids is 1. The molecule has 0 radical (unpaired) electrons. The molecular formula is C12H20N4O. The maximum atomic E-state index is 12.0. The van der Waals surface area contributed by atoms with Crippen molar-refractivity contribution in [2.75, 3.05) is 5.73 Å². The van der Waals surface area contributed by atoms with Crippen LogP contribution in [0.2, 0.25) is 0 Å². The topological polar surface area (TPSA) is 72.9 Å². The van der Waals surface area contributed by atoms with Crippen LogP contribution in [-0.2, 0) is 7.05 Å². The number of nitrogen functional groups attached to an aromatic ring is 1. The lowest BCUT2D eigenvalue weighted by Gasteiger charge is -2.27. The molecule has 3 N–H and O–H groups in total. The van der Waals surface area contributed by atoms with E-state index in [0.717, 1.165) is 12.8 Å². The van der Waals surface area contributed by atoms with Crippen molar-refractivity contribution in [2.45, 2.75) is 38.6 Å². The van der Waals surface area contributed by atoms with E-state index in [1.165, 1.54) is 12.8 Å². The maximum Gasteiger partial charge on any atom is 0.274 e. The Morgan fingerprint density at radius 2 is 2.35 bits per heavy atom. The van der Waals surface area contributed by atoms with Gasteiger partial charge in [0.2, 0.25) is 0 Å². The second-order valence-electron chi connectivity index (χ2n) is 5.05. The predicted octanol–water partition coefficient (Wildman–Crippen LogP) is 1.31. The number of amides is 1. The Morgan fingerprint density at radius 1 is 1.59 bits per heavy atom. The van der Waals surface area contributed by atoms with Crippen LogP contribution in [0.3, 0.4) is 0 Å². The van der Waals surface area contributed by atoms with Crippen LogP contribution < -0.4 is 11.1 Å². The van der Waals surface area contributed by atoms with Crippen LogP contribution in [-0.4, -0.2) is 21.7 Å². The molecule has 17 heavy (non-hydrogen) atoms. The molecule has 1 amide bonds. The predicted molar refractivity (Wildman–Crippen MR) is 66.5 cm³/mol. The molecule has 1 aliphatic carbocycles. The maximum absolute atomic E-state index is 12.0. The quantitative estimate of drug-likeness (QED) is 0.813. The number of hydrogen-bond acceptors (Lipinski definition) is 3. The normalized spacial score (nSPS) is 24.6. The highest BCUT2D eigenvalue weighted by molar-refractivity contribution is 5.97. The summed E-state index contributed by atoms with van der Waals surface area (Å²) in [4.78, 5) is 12.0. The number of carbonyl (C=O) groups is 1. The fraction of sp³-hybridized carbons (Fsp3) is 0.667. The van der Waals surface area contributed by atoms with Crippen molar-refractivity contribution in [3.05, 3.63) is 11.9 Å². The largest absolute Gasteiger partial charge is 0.396 e. The van der Waals surface area contributed by atoms with E-state index in [1.54, 1.807) is 17.9 Å². The Balaban J connectivity index is 1.99. The Hall–Kier alpha value is -1.52. The monoisotopic (exact) mass is 236 g/mol. The molecular weight excluding hydrogens is 216 g/mol. The average molecular weight is 236 g/mol. The fourth-order valence-electron chi connectivity index (χ4n) is 2.50. The van der Waals surface area contributed by atoms with Gasteiger partial charge in [-0.15, -0.1) is 0 Å². The summed E-state index contributed by atoms with van der Waals surface area (Å²) >= 11 is 0. The highest BCUT2D eigenvalue weighted by Gasteiger charge is 2.22. The smallest absolute Gasteiger partial charge is 0.274 e. The van der Waals surface area contributed by atoms with Gasteiger partial charge >= 0.3 is 0 Å². The van der Waals surface area contributed by atoms with E-state index in [4.69, 9.17) is 5.73 Å². The van der Waals surface area contributed by atoms with Crippen LogP contribution in [0.5, 0.6) is 0 Å². The van der Waals surface area contributed by atoms with Crippen LogP contribution in [0.15, 0.2) is 6.20 Å². The third-order valence-electron chi connectivity index (χ3n) is 3.34. The molecule has 1 saturated carbocycles. The molecule has 0 saturated heterocycles. The minimum Gasteiger partial charge on any atom is -0.396 e. The summed E-state index contributed by atoms with van der Waals surface area (Å²) in [5, 5.41) is 7.10. The highest BCUT2D eigenvalue weighted by atomic mass is 16.2. The zero-order chi connectivity index (χ0) is 12.4. The standard InChI is InChI=1S/C12H20N4O/c1-8-4-3-5-9(6-8)14-12(17)11-10(13)7-16(2)15-11/h7-9H,3-6,13H2,1-2H3,(H,14,17). The van der Waals surface area contributed by atoms with Gasteiger partial charge in [-0.2, -0.15) is 5.10 Å².